The predicted molar refractivity (Wildman–Crippen MR) is 124 cm³/mol. The molecule has 9 heteroatoms. The van der Waals surface area contributed by atoms with Crippen LogP contribution in [0.1, 0.15) is 26.5 Å². The maximum atomic E-state index is 13.6. The minimum absolute atomic E-state index is 0.00957. The summed E-state index contributed by atoms with van der Waals surface area (Å²) in [6.45, 7) is 1.60. The van der Waals surface area contributed by atoms with Crippen LogP contribution in [0.25, 0.3) is 11.0 Å². The number of fused-ring (bicyclic) bond motifs is 1. The number of hydrogen-bond acceptors (Lipinski definition) is 6. The van der Waals surface area contributed by atoms with E-state index >= 15 is 0 Å². The summed E-state index contributed by atoms with van der Waals surface area (Å²) in [6.07, 6.45) is 0. The number of nitrogens with zero attached hydrogens (tertiary/aromatic N) is 1. The van der Waals surface area contributed by atoms with Gasteiger partial charge in [0, 0.05) is 5.39 Å². The largest absolute Gasteiger partial charge is 0.465 e. The van der Waals surface area contributed by atoms with E-state index in [-0.39, 0.29) is 26.7 Å². The molecule has 168 valence electrons. The lowest BCUT2D eigenvalue weighted by Gasteiger charge is -2.23. The predicted octanol–water partition coefficient (Wildman–Crippen LogP) is 5.22. The van der Waals surface area contributed by atoms with Crippen LogP contribution in [-0.4, -0.2) is 27.4 Å². The van der Waals surface area contributed by atoms with Crippen LogP contribution in [0.3, 0.4) is 0 Å². The van der Waals surface area contributed by atoms with Crippen LogP contribution in [0, 0.1) is 6.92 Å². The molecule has 1 aromatic heterocycles. The molecule has 0 radical (unpaired) electrons. The molecule has 3 aromatic carbocycles. The van der Waals surface area contributed by atoms with Gasteiger partial charge in [0.2, 0.25) is 0 Å². The summed E-state index contributed by atoms with van der Waals surface area (Å²) in [5.74, 6) is -1.18. The van der Waals surface area contributed by atoms with Crippen LogP contribution in [0.2, 0.25) is 5.02 Å². The first kappa shape index (κ1) is 22.6. The quantitative estimate of drug-likeness (QED) is 0.361. The summed E-state index contributed by atoms with van der Waals surface area (Å²) < 4.78 is 38.4. The first-order chi connectivity index (χ1) is 15.8. The number of rotatable bonds is 5. The van der Waals surface area contributed by atoms with Crippen molar-refractivity contribution in [3.63, 3.8) is 0 Å². The summed E-state index contributed by atoms with van der Waals surface area (Å²) in [7, 11) is -3.11. The highest BCUT2D eigenvalue weighted by Gasteiger charge is 2.33. The summed E-state index contributed by atoms with van der Waals surface area (Å²) in [5.41, 5.74) is 0.521. The second kappa shape index (κ2) is 8.73. The summed E-state index contributed by atoms with van der Waals surface area (Å²) >= 11 is 6.21. The molecule has 0 saturated carbocycles. The molecule has 0 N–H and O–H groups in total. The number of carbonyl (C=O) groups is 2. The summed E-state index contributed by atoms with van der Waals surface area (Å²) in [4.78, 5) is 25.8. The van der Waals surface area contributed by atoms with Gasteiger partial charge in [0.05, 0.1) is 28.3 Å². The molecular weight excluding hydrogens is 466 g/mol. The molecule has 0 aliphatic carbocycles. The van der Waals surface area contributed by atoms with Crippen molar-refractivity contribution < 1.29 is 27.2 Å². The fourth-order valence-electron chi connectivity index (χ4n) is 3.50. The molecule has 0 fully saturated rings. The van der Waals surface area contributed by atoms with Crippen LogP contribution >= 0.6 is 11.6 Å². The highest BCUT2D eigenvalue weighted by Crippen LogP contribution is 2.34. The van der Waals surface area contributed by atoms with Crippen LogP contribution in [-0.2, 0) is 14.8 Å². The minimum atomic E-state index is -4.34. The average Bonchev–Trinajstić information content (AvgIpc) is 3.14. The van der Waals surface area contributed by atoms with Gasteiger partial charge in [-0.05, 0) is 49.4 Å². The average molecular weight is 484 g/mol. The Morgan fingerprint density at radius 3 is 2.30 bits per heavy atom. The number of aryl methyl sites for hydroxylation is 1. The molecule has 33 heavy (non-hydrogen) atoms. The lowest BCUT2D eigenvalue weighted by atomic mass is 10.1. The van der Waals surface area contributed by atoms with Gasteiger partial charge in [0.1, 0.15) is 16.9 Å². The molecule has 0 aliphatic rings. The van der Waals surface area contributed by atoms with Crippen molar-refractivity contribution in [2.24, 2.45) is 0 Å². The third kappa shape index (κ3) is 3.99. The van der Waals surface area contributed by atoms with Crippen molar-refractivity contribution in [1.29, 1.82) is 0 Å². The van der Waals surface area contributed by atoms with Crippen LogP contribution < -0.4 is 4.31 Å². The Labute approximate surface area is 195 Å². The molecule has 1 heterocycles. The van der Waals surface area contributed by atoms with Crippen molar-refractivity contribution in [3.8, 4) is 0 Å². The Morgan fingerprint density at radius 1 is 0.970 bits per heavy atom. The SMILES string of the molecule is COC(=O)c1c(C)oc2ccc(N(C(=O)c3ccccc3Cl)S(=O)(=O)c3ccccc3)cc12. The maximum Gasteiger partial charge on any atom is 0.342 e. The molecule has 4 aromatic rings. The fraction of sp³-hybridized carbons (Fsp3) is 0.0833. The Balaban J connectivity index is 1.97. The number of anilines is 1. The van der Waals surface area contributed by atoms with Crippen molar-refractivity contribution in [2.75, 3.05) is 11.4 Å². The van der Waals surface area contributed by atoms with E-state index in [2.05, 4.69) is 0 Å². The van der Waals surface area contributed by atoms with Gasteiger partial charge in [0.25, 0.3) is 15.9 Å². The molecule has 0 atom stereocenters. The van der Waals surface area contributed by atoms with Gasteiger partial charge < -0.3 is 9.15 Å². The molecule has 4 rings (SSSR count). The van der Waals surface area contributed by atoms with Crippen LogP contribution in [0.5, 0.6) is 0 Å². The fourth-order valence-corrected chi connectivity index (χ4v) is 5.13. The van der Waals surface area contributed by atoms with E-state index in [1.54, 1.807) is 37.3 Å². The van der Waals surface area contributed by atoms with Gasteiger partial charge >= 0.3 is 5.97 Å². The first-order valence-electron chi connectivity index (χ1n) is 9.76. The van der Waals surface area contributed by atoms with Crippen LogP contribution in [0.15, 0.2) is 82.1 Å². The van der Waals surface area contributed by atoms with E-state index in [0.717, 1.165) is 0 Å². The van der Waals surface area contributed by atoms with E-state index in [4.69, 9.17) is 20.8 Å². The lowest BCUT2D eigenvalue weighted by Crippen LogP contribution is -2.37. The van der Waals surface area contributed by atoms with Gasteiger partial charge in [0.15, 0.2) is 0 Å². The molecule has 0 bridgehead atoms. The van der Waals surface area contributed by atoms with Crippen molar-refractivity contribution in [2.45, 2.75) is 11.8 Å². The Kier molecular flexibility index (Phi) is 5.97. The third-order valence-corrected chi connectivity index (χ3v) is 7.10. The number of carbonyl (C=O) groups excluding carboxylic acids is 2. The molecule has 0 saturated heterocycles. The second-order valence-electron chi connectivity index (χ2n) is 7.07. The van der Waals surface area contributed by atoms with Crippen LogP contribution in [0.4, 0.5) is 5.69 Å². The third-order valence-electron chi connectivity index (χ3n) is 5.04. The van der Waals surface area contributed by atoms with Gasteiger partial charge in [-0.15, -0.1) is 0 Å². The number of esters is 1. The monoisotopic (exact) mass is 483 g/mol. The molecule has 0 unspecified atom stereocenters. The number of hydrogen-bond donors (Lipinski definition) is 0. The van der Waals surface area contributed by atoms with Gasteiger partial charge in [-0.25, -0.2) is 13.2 Å². The number of furan rings is 1. The number of ether oxygens (including phenoxy) is 1. The summed E-state index contributed by atoms with van der Waals surface area (Å²) in [5, 5.41) is 0.420. The van der Waals surface area contributed by atoms with Crippen molar-refractivity contribution in [1.82, 2.24) is 0 Å². The smallest absolute Gasteiger partial charge is 0.342 e. The number of benzene rings is 3. The van der Waals surface area contributed by atoms with Gasteiger partial charge in [-0.1, -0.05) is 41.9 Å². The topological polar surface area (TPSA) is 93.9 Å². The summed E-state index contributed by atoms with van der Waals surface area (Å²) in [6, 6.07) is 18.1. The maximum absolute atomic E-state index is 13.6. The highest BCUT2D eigenvalue weighted by molar-refractivity contribution is 7.93. The molecule has 7 nitrogen and oxygen atoms in total. The minimum Gasteiger partial charge on any atom is -0.465 e. The standard InChI is InChI=1S/C24H18ClNO6S/c1-15-22(24(28)31-2)19-14-16(12-13-21(19)32-15)26(23(27)18-10-6-7-11-20(18)25)33(29,30)17-8-4-3-5-9-17/h3-14H,1-2H3. The normalized spacial score (nSPS) is 11.4. The zero-order valence-electron chi connectivity index (χ0n) is 17.6. The Morgan fingerprint density at radius 2 is 1.64 bits per heavy atom. The Bertz CT molecular complexity index is 1480. The lowest BCUT2D eigenvalue weighted by molar-refractivity contribution is 0.0600. The van der Waals surface area contributed by atoms with Gasteiger partial charge in [-0.3, -0.25) is 4.79 Å². The van der Waals surface area contributed by atoms with Crippen molar-refractivity contribution >= 4 is 50.2 Å². The van der Waals surface area contributed by atoms with E-state index in [0.29, 0.717) is 21.0 Å². The number of amides is 1. The highest BCUT2D eigenvalue weighted by atomic mass is 35.5. The van der Waals surface area contributed by atoms with Gasteiger partial charge in [-0.2, -0.15) is 4.31 Å². The number of sulfonamides is 1. The van der Waals surface area contributed by atoms with E-state index in [9.17, 15) is 18.0 Å². The molecular formula is C24H18ClNO6S. The Hall–Kier alpha value is -3.62. The molecule has 1 amide bonds. The second-order valence-corrected chi connectivity index (χ2v) is 9.27. The number of methoxy groups -OCH3 is 1. The van der Waals surface area contributed by atoms with Crippen molar-refractivity contribution in [3.05, 3.63) is 94.7 Å². The first-order valence-corrected chi connectivity index (χ1v) is 11.6. The van der Waals surface area contributed by atoms with E-state index in [1.165, 1.54) is 49.6 Å². The molecule has 0 spiro atoms. The number of halogens is 1. The van der Waals surface area contributed by atoms with E-state index < -0.39 is 21.9 Å². The molecule has 0 aliphatic heterocycles. The van der Waals surface area contributed by atoms with E-state index in [1.807, 2.05) is 0 Å². The zero-order chi connectivity index (χ0) is 23.8. The zero-order valence-corrected chi connectivity index (χ0v) is 19.2.